The van der Waals surface area contributed by atoms with Crippen molar-refractivity contribution < 1.29 is 4.92 Å². The van der Waals surface area contributed by atoms with Gasteiger partial charge in [-0.15, -0.1) is 0 Å². The molecule has 5 heteroatoms. The highest BCUT2D eigenvalue weighted by Gasteiger charge is 2.24. The van der Waals surface area contributed by atoms with E-state index in [0.717, 1.165) is 18.7 Å². The molecule has 0 saturated heterocycles. The maximum absolute atomic E-state index is 10.6. The van der Waals surface area contributed by atoms with E-state index >= 15 is 0 Å². The fourth-order valence-corrected chi connectivity index (χ4v) is 2.38. The first kappa shape index (κ1) is 15.6. The van der Waals surface area contributed by atoms with E-state index in [2.05, 4.69) is 38.0 Å². The quantitative estimate of drug-likeness (QED) is 0.607. The van der Waals surface area contributed by atoms with Gasteiger partial charge in [0.15, 0.2) is 0 Å². The Morgan fingerprint density at radius 2 is 2.05 bits per heavy atom. The zero-order chi connectivity index (χ0) is 14.4. The molecule has 0 saturated carbocycles. The van der Waals surface area contributed by atoms with Gasteiger partial charge in [-0.3, -0.25) is 15.1 Å². The summed E-state index contributed by atoms with van der Waals surface area (Å²) in [6.07, 6.45) is 2.43. The zero-order valence-corrected chi connectivity index (χ0v) is 12.1. The van der Waals surface area contributed by atoms with Crippen LogP contribution in [0.15, 0.2) is 18.3 Å². The maximum Gasteiger partial charge on any atom is 0.287 e. The average Bonchev–Trinajstić information content (AvgIpc) is 2.36. The largest absolute Gasteiger partial charge is 0.314 e. The first-order chi connectivity index (χ1) is 8.97. The summed E-state index contributed by atoms with van der Waals surface area (Å²) < 4.78 is 0. The van der Waals surface area contributed by atoms with Crippen LogP contribution in [-0.4, -0.2) is 22.5 Å². The van der Waals surface area contributed by atoms with Gasteiger partial charge in [0.1, 0.15) is 6.20 Å². The lowest BCUT2D eigenvalue weighted by Crippen LogP contribution is -2.35. The van der Waals surface area contributed by atoms with E-state index in [9.17, 15) is 10.1 Å². The van der Waals surface area contributed by atoms with Crippen LogP contribution in [-0.2, 0) is 0 Å². The molecule has 0 amide bonds. The summed E-state index contributed by atoms with van der Waals surface area (Å²) in [6, 6.07) is 3.60. The van der Waals surface area contributed by atoms with Crippen LogP contribution in [0.2, 0.25) is 0 Å². The molecule has 1 heterocycles. The number of pyridine rings is 1. The van der Waals surface area contributed by atoms with Crippen molar-refractivity contribution in [3.8, 4) is 0 Å². The van der Waals surface area contributed by atoms with Crippen molar-refractivity contribution in [3.63, 3.8) is 0 Å². The first-order valence-electron chi connectivity index (χ1n) is 6.81. The third-order valence-electron chi connectivity index (χ3n) is 3.30. The number of hydrogen-bond acceptors (Lipinski definition) is 4. The van der Waals surface area contributed by atoms with Crippen LogP contribution in [0.3, 0.4) is 0 Å². The van der Waals surface area contributed by atoms with Crippen LogP contribution in [0.25, 0.3) is 0 Å². The summed E-state index contributed by atoms with van der Waals surface area (Å²) in [5.41, 5.74) is 0.956. The van der Waals surface area contributed by atoms with Crippen molar-refractivity contribution in [2.24, 2.45) is 5.92 Å². The van der Waals surface area contributed by atoms with Gasteiger partial charge in [-0.05, 0) is 31.9 Å². The van der Waals surface area contributed by atoms with Crippen molar-refractivity contribution in [2.75, 3.05) is 6.54 Å². The average molecular weight is 265 g/mol. The Kier molecular flexibility index (Phi) is 5.89. The number of rotatable bonds is 7. The highest BCUT2D eigenvalue weighted by atomic mass is 16.6. The normalized spacial score (nSPS) is 14.4. The lowest BCUT2D eigenvalue weighted by atomic mass is 9.86. The minimum atomic E-state index is -0.417. The molecule has 2 atom stereocenters. The van der Waals surface area contributed by atoms with Crippen molar-refractivity contribution in [3.05, 3.63) is 34.1 Å². The molecule has 0 bridgehead atoms. The second kappa shape index (κ2) is 7.19. The fourth-order valence-electron chi connectivity index (χ4n) is 2.38. The Morgan fingerprint density at radius 3 is 2.47 bits per heavy atom. The topological polar surface area (TPSA) is 68.1 Å². The van der Waals surface area contributed by atoms with Crippen molar-refractivity contribution >= 4 is 5.69 Å². The first-order valence-corrected chi connectivity index (χ1v) is 6.81. The van der Waals surface area contributed by atoms with Crippen LogP contribution >= 0.6 is 0 Å². The molecule has 0 radical (unpaired) electrons. The molecular weight excluding hydrogens is 242 g/mol. The Hall–Kier alpha value is -1.49. The Bertz CT molecular complexity index is 404. The van der Waals surface area contributed by atoms with E-state index in [1.54, 1.807) is 6.07 Å². The smallest absolute Gasteiger partial charge is 0.287 e. The number of nitrogens with zero attached hydrogens (tertiary/aromatic N) is 2. The van der Waals surface area contributed by atoms with Crippen LogP contribution in [0.1, 0.15) is 45.7 Å². The molecule has 0 aromatic carbocycles. The molecule has 106 valence electrons. The molecule has 1 aromatic heterocycles. The number of nitrogens with one attached hydrogen (secondary N) is 1. The molecule has 0 aliphatic carbocycles. The predicted molar refractivity (Wildman–Crippen MR) is 76.2 cm³/mol. The van der Waals surface area contributed by atoms with Gasteiger partial charge in [-0.2, -0.15) is 0 Å². The Balaban J connectivity index is 2.89. The van der Waals surface area contributed by atoms with Gasteiger partial charge in [0.05, 0.1) is 4.92 Å². The fraction of sp³-hybridized carbons (Fsp3) is 0.643. The van der Waals surface area contributed by atoms with E-state index < -0.39 is 4.92 Å². The molecule has 1 N–H and O–H groups in total. The second-order valence-electron chi connectivity index (χ2n) is 5.21. The van der Waals surface area contributed by atoms with Gasteiger partial charge in [0, 0.05) is 23.7 Å². The van der Waals surface area contributed by atoms with Crippen molar-refractivity contribution in [2.45, 2.75) is 46.1 Å². The van der Waals surface area contributed by atoms with Crippen molar-refractivity contribution in [1.29, 1.82) is 0 Å². The number of hydrogen-bond donors (Lipinski definition) is 1. The van der Waals surface area contributed by atoms with E-state index in [4.69, 9.17) is 0 Å². The third kappa shape index (κ3) is 4.28. The van der Waals surface area contributed by atoms with Gasteiger partial charge >= 0.3 is 0 Å². The molecule has 19 heavy (non-hydrogen) atoms. The molecule has 5 nitrogen and oxygen atoms in total. The monoisotopic (exact) mass is 265 g/mol. The van der Waals surface area contributed by atoms with Gasteiger partial charge in [0.2, 0.25) is 0 Å². The minimum Gasteiger partial charge on any atom is -0.314 e. The molecular formula is C14H23N3O2. The summed E-state index contributed by atoms with van der Waals surface area (Å²) >= 11 is 0. The van der Waals surface area contributed by atoms with Crippen LogP contribution in [0.5, 0.6) is 0 Å². The molecule has 1 aromatic rings. The van der Waals surface area contributed by atoms with E-state index in [1.165, 1.54) is 12.3 Å². The van der Waals surface area contributed by atoms with Gasteiger partial charge in [-0.1, -0.05) is 20.8 Å². The number of nitro groups is 1. The molecule has 1 rings (SSSR count). The SMILES string of the molecule is CCCNC(C)C(c1ccc([N+](=O)[O-])cn1)C(C)C. The van der Waals surface area contributed by atoms with Crippen LogP contribution in [0, 0.1) is 16.0 Å². The zero-order valence-electron chi connectivity index (χ0n) is 12.1. The Labute approximate surface area is 114 Å². The lowest BCUT2D eigenvalue weighted by molar-refractivity contribution is -0.385. The summed E-state index contributed by atoms with van der Waals surface area (Å²) in [5.74, 6) is 0.681. The van der Waals surface area contributed by atoms with Gasteiger partial charge in [-0.25, -0.2) is 0 Å². The van der Waals surface area contributed by atoms with Crippen molar-refractivity contribution in [1.82, 2.24) is 10.3 Å². The standard InChI is InChI=1S/C14H23N3O2/c1-5-8-15-11(4)14(10(2)3)13-7-6-12(9-16-13)17(18)19/h6-7,9-11,14-15H,5,8H2,1-4H3. The molecule has 0 aliphatic heterocycles. The summed E-state index contributed by atoms with van der Waals surface area (Å²) in [7, 11) is 0. The Morgan fingerprint density at radius 1 is 1.37 bits per heavy atom. The van der Waals surface area contributed by atoms with Crippen LogP contribution < -0.4 is 5.32 Å². The molecule has 0 fully saturated rings. The van der Waals surface area contributed by atoms with E-state index in [1.807, 2.05) is 0 Å². The minimum absolute atomic E-state index is 0.0421. The third-order valence-corrected chi connectivity index (χ3v) is 3.30. The molecule has 2 unspecified atom stereocenters. The summed E-state index contributed by atoms with van der Waals surface area (Å²) in [4.78, 5) is 14.5. The summed E-state index contributed by atoms with van der Waals surface area (Å²) in [6.45, 7) is 9.55. The van der Waals surface area contributed by atoms with E-state index in [-0.39, 0.29) is 11.6 Å². The lowest BCUT2D eigenvalue weighted by Gasteiger charge is -2.27. The predicted octanol–water partition coefficient (Wildman–Crippen LogP) is 3.12. The second-order valence-corrected chi connectivity index (χ2v) is 5.21. The highest BCUT2D eigenvalue weighted by molar-refractivity contribution is 5.28. The molecule has 0 aliphatic rings. The summed E-state index contributed by atoms with van der Waals surface area (Å²) in [5, 5.41) is 14.1. The van der Waals surface area contributed by atoms with Crippen LogP contribution in [0.4, 0.5) is 5.69 Å². The van der Waals surface area contributed by atoms with E-state index in [0.29, 0.717) is 12.0 Å². The molecule has 0 spiro atoms. The number of aromatic nitrogens is 1. The highest BCUT2D eigenvalue weighted by Crippen LogP contribution is 2.27. The van der Waals surface area contributed by atoms with Gasteiger partial charge in [0.25, 0.3) is 5.69 Å². The van der Waals surface area contributed by atoms with Gasteiger partial charge < -0.3 is 5.32 Å². The maximum atomic E-state index is 10.6.